The largest absolute Gasteiger partial charge is 0.375 e. The normalized spacial score (nSPS) is 24.3. The molecule has 2 aliphatic rings. The quantitative estimate of drug-likeness (QED) is 0.805. The third-order valence-corrected chi connectivity index (χ3v) is 5.70. The minimum atomic E-state index is -0.288. The van der Waals surface area contributed by atoms with Gasteiger partial charge >= 0.3 is 0 Å². The zero-order valence-electron chi connectivity index (χ0n) is 15.0. The first-order valence-corrected chi connectivity index (χ1v) is 9.35. The number of carbonyl (C=O) groups excluding carboxylic acids is 1. The van der Waals surface area contributed by atoms with Gasteiger partial charge in [-0.1, -0.05) is 23.7 Å². The lowest BCUT2D eigenvalue weighted by molar-refractivity contribution is -0.136. The first-order valence-electron chi connectivity index (χ1n) is 8.97. The number of hydrogen-bond acceptors (Lipinski definition) is 4. The van der Waals surface area contributed by atoms with Crippen molar-refractivity contribution in [2.75, 3.05) is 38.3 Å². The molecular weight excluding hydrogens is 369 g/mol. The van der Waals surface area contributed by atoms with Crippen molar-refractivity contribution in [2.45, 2.75) is 6.04 Å². The number of methoxy groups -OCH3 is 1. The Labute approximate surface area is 162 Å². The Morgan fingerprint density at radius 2 is 2.15 bits per heavy atom. The number of ether oxygens (including phenoxy) is 1. The summed E-state index contributed by atoms with van der Waals surface area (Å²) in [6, 6.07) is 10.1. The highest BCUT2D eigenvalue weighted by molar-refractivity contribution is 6.30. The summed E-state index contributed by atoms with van der Waals surface area (Å²) in [5, 5.41) is 0.604. The van der Waals surface area contributed by atoms with Gasteiger partial charge in [0, 0.05) is 44.8 Å². The van der Waals surface area contributed by atoms with Crippen LogP contribution in [0.1, 0.15) is 11.6 Å². The molecular formula is C20H21ClFN3O2. The summed E-state index contributed by atoms with van der Waals surface area (Å²) in [6.45, 7) is 2.24. The average molecular weight is 390 g/mol. The molecule has 0 bridgehead atoms. The molecule has 0 radical (unpaired) electrons. The molecule has 2 aliphatic heterocycles. The van der Waals surface area contributed by atoms with Crippen molar-refractivity contribution >= 4 is 23.3 Å². The molecule has 1 aromatic heterocycles. The molecule has 2 saturated heterocycles. The van der Waals surface area contributed by atoms with Gasteiger partial charge in [0.25, 0.3) is 0 Å². The Hall–Kier alpha value is -2.18. The summed E-state index contributed by atoms with van der Waals surface area (Å²) in [5.41, 5.74) is 0.831. The van der Waals surface area contributed by atoms with Crippen molar-refractivity contribution in [3.63, 3.8) is 0 Å². The molecule has 0 spiro atoms. The van der Waals surface area contributed by atoms with E-state index in [4.69, 9.17) is 16.3 Å². The van der Waals surface area contributed by atoms with Crippen LogP contribution in [0.4, 0.5) is 10.2 Å². The van der Waals surface area contributed by atoms with Crippen LogP contribution in [0, 0.1) is 17.7 Å². The van der Waals surface area contributed by atoms with E-state index in [0.29, 0.717) is 17.5 Å². The van der Waals surface area contributed by atoms with Crippen molar-refractivity contribution in [1.82, 2.24) is 9.88 Å². The third kappa shape index (κ3) is 3.51. The van der Waals surface area contributed by atoms with Crippen LogP contribution in [0.5, 0.6) is 0 Å². The van der Waals surface area contributed by atoms with Crippen LogP contribution >= 0.6 is 11.6 Å². The number of likely N-dealkylation sites (tertiary alicyclic amines) is 1. The van der Waals surface area contributed by atoms with Crippen molar-refractivity contribution in [3.8, 4) is 0 Å². The van der Waals surface area contributed by atoms with Crippen LogP contribution in [0.25, 0.3) is 0 Å². The molecule has 3 atom stereocenters. The lowest BCUT2D eigenvalue weighted by Crippen LogP contribution is -2.37. The van der Waals surface area contributed by atoms with E-state index in [1.54, 1.807) is 12.3 Å². The minimum absolute atomic E-state index is 0.0354. The number of pyridine rings is 1. The maximum Gasteiger partial charge on any atom is 0.249 e. The summed E-state index contributed by atoms with van der Waals surface area (Å²) >= 11 is 5.94. The van der Waals surface area contributed by atoms with E-state index in [2.05, 4.69) is 9.88 Å². The molecule has 7 heteroatoms. The van der Waals surface area contributed by atoms with Crippen LogP contribution in [0.15, 0.2) is 42.6 Å². The fourth-order valence-electron chi connectivity index (χ4n) is 4.37. The molecule has 0 N–H and O–H groups in total. The number of hydrogen-bond donors (Lipinski definition) is 0. The Morgan fingerprint density at radius 3 is 2.85 bits per heavy atom. The van der Waals surface area contributed by atoms with E-state index >= 15 is 0 Å². The Bertz CT molecular complexity index is 832. The average Bonchev–Trinajstić information content (AvgIpc) is 3.20. The number of amides is 1. The van der Waals surface area contributed by atoms with Crippen LogP contribution in [-0.4, -0.2) is 49.1 Å². The SMILES string of the molecule is COCC(=O)N1C[C@H]2CN(c3ccc(Cl)cn3)C[C@H]2[C@@H]1c1cccc(F)c1. The topological polar surface area (TPSA) is 45.7 Å². The maximum absolute atomic E-state index is 13.9. The van der Waals surface area contributed by atoms with Crippen LogP contribution < -0.4 is 4.90 Å². The van der Waals surface area contributed by atoms with Gasteiger partial charge in [-0.2, -0.15) is 0 Å². The van der Waals surface area contributed by atoms with Gasteiger partial charge in [0.2, 0.25) is 5.91 Å². The number of rotatable bonds is 4. The number of anilines is 1. The molecule has 0 aliphatic carbocycles. The second kappa shape index (κ2) is 7.44. The van der Waals surface area contributed by atoms with Gasteiger partial charge in [-0.15, -0.1) is 0 Å². The lowest BCUT2D eigenvalue weighted by atomic mass is 9.89. The van der Waals surface area contributed by atoms with Gasteiger partial charge in [-0.05, 0) is 29.8 Å². The first-order chi connectivity index (χ1) is 13.1. The second-order valence-corrected chi connectivity index (χ2v) is 7.58. The second-order valence-electron chi connectivity index (χ2n) is 7.14. The fraction of sp³-hybridized carbons (Fsp3) is 0.400. The summed E-state index contributed by atoms with van der Waals surface area (Å²) in [5.74, 6) is 1.05. The fourth-order valence-corrected chi connectivity index (χ4v) is 4.48. The van der Waals surface area contributed by atoms with E-state index in [1.165, 1.54) is 19.2 Å². The molecule has 1 amide bonds. The van der Waals surface area contributed by atoms with Crippen molar-refractivity contribution in [1.29, 1.82) is 0 Å². The Kier molecular flexibility index (Phi) is 5.02. The zero-order valence-corrected chi connectivity index (χ0v) is 15.8. The molecule has 142 valence electrons. The summed E-state index contributed by atoms with van der Waals surface area (Å²) in [6.07, 6.45) is 1.64. The first kappa shape index (κ1) is 18.2. The van der Waals surface area contributed by atoms with E-state index in [0.717, 1.165) is 24.5 Å². The number of carbonyl (C=O) groups is 1. The summed E-state index contributed by atoms with van der Waals surface area (Å²) in [4.78, 5) is 21.1. The number of benzene rings is 1. The highest BCUT2D eigenvalue weighted by atomic mass is 35.5. The van der Waals surface area contributed by atoms with Gasteiger partial charge in [0.1, 0.15) is 18.2 Å². The smallest absolute Gasteiger partial charge is 0.249 e. The number of halogens is 2. The molecule has 2 aromatic rings. The number of aromatic nitrogens is 1. The number of fused-ring (bicyclic) bond motifs is 1. The predicted octanol–water partition coefficient (Wildman–Crippen LogP) is 3.16. The molecule has 0 saturated carbocycles. The predicted molar refractivity (Wildman–Crippen MR) is 101 cm³/mol. The monoisotopic (exact) mass is 389 g/mol. The Balaban J connectivity index is 1.62. The third-order valence-electron chi connectivity index (χ3n) is 5.48. The molecule has 0 unspecified atom stereocenters. The highest BCUT2D eigenvalue weighted by Crippen LogP contribution is 2.45. The molecule has 27 heavy (non-hydrogen) atoms. The summed E-state index contributed by atoms with van der Waals surface area (Å²) < 4.78 is 18.9. The van der Waals surface area contributed by atoms with Crippen LogP contribution in [0.2, 0.25) is 5.02 Å². The maximum atomic E-state index is 13.9. The van der Waals surface area contributed by atoms with E-state index in [1.807, 2.05) is 23.1 Å². The summed E-state index contributed by atoms with van der Waals surface area (Å²) in [7, 11) is 1.51. The molecule has 3 heterocycles. The van der Waals surface area contributed by atoms with E-state index < -0.39 is 0 Å². The molecule has 4 rings (SSSR count). The van der Waals surface area contributed by atoms with E-state index in [-0.39, 0.29) is 30.3 Å². The molecule has 1 aromatic carbocycles. The van der Waals surface area contributed by atoms with Crippen molar-refractivity contribution in [2.24, 2.45) is 11.8 Å². The lowest BCUT2D eigenvalue weighted by Gasteiger charge is -2.30. The standard InChI is InChI=1S/C20H21ClFN3O2/c1-27-12-19(26)25-10-14-9-24(18-6-5-15(21)8-23-18)11-17(14)20(25)13-3-2-4-16(22)7-13/h2-8,14,17,20H,9-12H2,1H3/t14-,17-,20+/m1/s1. The van der Waals surface area contributed by atoms with Gasteiger partial charge in [-0.25, -0.2) is 9.37 Å². The van der Waals surface area contributed by atoms with Gasteiger partial charge in [-0.3, -0.25) is 4.79 Å². The van der Waals surface area contributed by atoms with Gasteiger partial charge < -0.3 is 14.5 Å². The zero-order chi connectivity index (χ0) is 19.0. The van der Waals surface area contributed by atoms with E-state index in [9.17, 15) is 9.18 Å². The highest BCUT2D eigenvalue weighted by Gasteiger charge is 2.49. The van der Waals surface area contributed by atoms with Crippen LogP contribution in [-0.2, 0) is 9.53 Å². The van der Waals surface area contributed by atoms with Gasteiger partial charge in [0.05, 0.1) is 11.1 Å². The van der Waals surface area contributed by atoms with Crippen molar-refractivity contribution < 1.29 is 13.9 Å². The number of nitrogens with zero attached hydrogens (tertiary/aromatic N) is 3. The Morgan fingerprint density at radius 1 is 1.30 bits per heavy atom. The molecule has 5 nitrogen and oxygen atoms in total. The van der Waals surface area contributed by atoms with Crippen molar-refractivity contribution in [3.05, 3.63) is 59.0 Å². The van der Waals surface area contributed by atoms with Crippen LogP contribution in [0.3, 0.4) is 0 Å². The van der Waals surface area contributed by atoms with Gasteiger partial charge in [0.15, 0.2) is 0 Å². The molecule has 2 fully saturated rings. The minimum Gasteiger partial charge on any atom is -0.375 e.